The van der Waals surface area contributed by atoms with Gasteiger partial charge < -0.3 is 4.90 Å². The van der Waals surface area contributed by atoms with Crippen molar-refractivity contribution in [3.8, 4) is 0 Å². The van der Waals surface area contributed by atoms with Crippen molar-refractivity contribution < 1.29 is 4.79 Å². The third-order valence-electron chi connectivity index (χ3n) is 3.40. The fourth-order valence-corrected chi connectivity index (χ4v) is 2.64. The summed E-state index contributed by atoms with van der Waals surface area (Å²) in [6, 6.07) is 5.48. The average Bonchev–Trinajstić information content (AvgIpc) is 2.43. The van der Waals surface area contributed by atoms with E-state index in [0.29, 0.717) is 16.6 Å². The normalized spacial score (nSPS) is 18.4. The number of hydrogen-bond donors (Lipinski definition) is 0. The Morgan fingerprint density at radius 3 is 2.74 bits per heavy atom. The van der Waals surface area contributed by atoms with Crippen LogP contribution >= 0.6 is 23.2 Å². The van der Waals surface area contributed by atoms with Gasteiger partial charge in [0.25, 0.3) is 0 Å². The van der Waals surface area contributed by atoms with Crippen LogP contribution in [0.4, 0.5) is 0 Å². The first kappa shape index (κ1) is 14.4. The van der Waals surface area contributed by atoms with E-state index in [4.69, 9.17) is 23.2 Å². The SMILES string of the molecule is CN(Cc1ccc(Cl)c(Cl)c1)C(=O)C1CC=CCC1. The Kier molecular flexibility index (Phi) is 4.89. The lowest BCUT2D eigenvalue weighted by atomic mass is 9.93. The Morgan fingerprint density at radius 2 is 2.11 bits per heavy atom. The molecule has 1 amide bonds. The van der Waals surface area contributed by atoms with Gasteiger partial charge in [-0.25, -0.2) is 0 Å². The van der Waals surface area contributed by atoms with E-state index in [1.807, 2.05) is 19.2 Å². The summed E-state index contributed by atoms with van der Waals surface area (Å²) in [6.07, 6.45) is 7.03. The van der Waals surface area contributed by atoms with Gasteiger partial charge in [0, 0.05) is 19.5 Å². The lowest BCUT2D eigenvalue weighted by Gasteiger charge is -2.24. The van der Waals surface area contributed by atoms with Crippen LogP contribution in [0.2, 0.25) is 10.0 Å². The maximum atomic E-state index is 12.3. The van der Waals surface area contributed by atoms with Crippen LogP contribution in [0.5, 0.6) is 0 Å². The molecule has 1 aliphatic rings. The number of carbonyl (C=O) groups is 1. The molecule has 1 aliphatic carbocycles. The standard InChI is InChI=1S/C15H17Cl2NO/c1-18(15(19)12-5-3-2-4-6-12)10-11-7-8-13(16)14(17)9-11/h2-3,7-9,12H,4-6,10H2,1H3. The summed E-state index contributed by atoms with van der Waals surface area (Å²) in [5.41, 5.74) is 0.997. The topological polar surface area (TPSA) is 20.3 Å². The minimum atomic E-state index is 0.123. The molecule has 0 heterocycles. The van der Waals surface area contributed by atoms with Crippen molar-refractivity contribution in [2.75, 3.05) is 7.05 Å². The summed E-state index contributed by atoms with van der Waals surface area (Å²) in [5, 5.41) is 1.07. The van der Waals surface area contributed by atoms with Gasteiger partial charge in [0.2, 0.25) is 5.91 Å². The first-order chi connectivity index (χ1) is 9.08. The van der Waals surface area contributed by atoms with Crippen LogP contribution in [0, 0.1) is 5.92 Å². The molecule has 102 valence electrons. The highest BCUT2D eigenvalue weighted by Crippen LogP contribution is 2.24. The van der Waals surface area contributed by atoms with Crippen molar-refractivity contribution in [1.82, 2.24) is 4.90 Å². The van der Waals surface area contributed by atoms with Gasteiger partial charge in [-0.15, -0.1) is 0 Å². The van der Waals surface area contributed by atoms with Gasteiger partial charge in [0.15, 0.2) is 0 Å². The molecule has 0 saturated heterocycles. The van der Waals surface area contributed by atoms with Gasteiger partial charge in [-0.3, -0.25) is 4.79 Å². The maximum absolute atomic E-state index is 12.3. The van der Waals surface area contributed by atoms with E-state index in [2.05, 4.69) is 12.2 Å². The molecule has 1 aromatic carbocycles. The van der Waals surface area contributed by atoms with E-state index < -0.39 is 0 Å². The molecule has 2 rings (SSSR count). The van der Waals surface area contributed by atoms with Gasteiger partial charge >= 0.3 is 0 Å². The number of carbonyl (C=O) groups excluding carboxylic acids is 1. The lowest BCUT2D eigenvalue weighted by Crippen LogP contribution is -2.32. The fraction of sp³-hybridized carbons (Fsp3) is 0.400. The molecule has 1 aromatic rings. The molecular formula is C15H17Cl2NO. The molecule has 0 radical (unpaired) electrons. The summed E-state index contributed by atoms with van der Waals surface area (Å²) in [7, 11) is 1.84. The number of benzene rings is 1. The molecule has 0 bridgehead atoms. The molecule has 4 heteroatoms. The molecule has 1 atom stereocenters. The molecule has 19 heavy (non-hydrogen) atoms. The number of allylic oxidation sites excluding steroid dienone is 2. The summed E-state index contributed by atoms with van der Waals surface area (Å²) >= 11 is 11.9. The van der Waals surface area contributed by atoms with E-state index in [0.717, 1.165) is 24.8 Å². The van der Waals surface area contributed by atoms with Gasteiger partial charge in [0.05, 0.1) is 10.0 Å². The highest BCUT2D eigenvalue weighted by molar-refractivity contribution is 6.42. The first-order valence-electron chi connectivity index (χ1n) is 6.42. The summed E-state index contributed by atoms with van der Waals surface area (Å²) in [5.74, 6) is 0.327. The van der Waals surface area contributed by atoms with Gasteiger partial charge in [-0.2, -0.15) is 0 Å². The molecule has 0 aliphatic heterocycles. The molecule has 0 fully saturated rings. The lowest BCUT2D eigenvalue weighted by molar-refractivity contribution is -0.135. The number of rotatable bonds is 3. The van der Waals surface area contributed by atoms with Crippen molar-refractivity contribution in [1.29, 1.82) is 0 Å². The van der Waals surface area contributed by atoms with Crippen LogP contribution in [-0.2, 0) is 11.3 Å². The van der Waals surface area contributed by atoms with Crippen LogP contribution in [0.15, 0.2) is 30.4 Å². The van der Waals surface area contributed by atoms with E-state index in [-0.39, 0.29) is 11.8 Å². The van der Waals surface area contributed by atoms with Crippen LogP contribution in [0.1, 0.15) is 24.8 Å². The van der Waals surface area contributed by atoms with Crippen LogP contribution in [-0.4, -0.2) is 17.9 Å². The Bertz CT molecular complexity index is 499. The van der Waals surface area contributed by atoms with Crippen molar-refractivity contribution in [2.45, 2.75) is 25.8 Å². The predicted molar refractivity (Wildman–Crippen MR) is 79.4 cm³/mol. The quantitative estimate of drug-likeness (QED) is 0.762. The number of halogens is 2. The number of hydrogen-bond acceptors (Lipinski definition) is 1. The molecule has 0 saturated carbocycles. The van der Waals surface area contributed by atoms with Crippen molar-refractivity contribution >= 4 is 29.1 Å². The Labute approximate surface area is 124 Å². The Hall–Kier alpha value is -0.990. The van der Waals surface area contributed by atoms with Gasteiger partial charge in [-0.05, 0) is 37.0 Å². The molecular weight excluding hydrogens is 281 g/mol. The molecule has 0 aromatic heterocycles. The Balaban J connectivity index is 1.99. The van der Waals surface area contributed by atoms with Crippen LogP contribution in [0.25, 0.3) is 0 Å². The van der Waals surface area contributed by atoms with Crippen LogP contribution in [0.3, 0.4) is 0 Å². The van der Waals surface area contributed by atoms with Gasteiger partial charge in [-0.1, -0.05) is 41.4 Å². The second-order valence-corrected chi connectivity index (χ2v) is 5.74. The maximum Gasteiger partial charge on any atom is 0.226 e. The second kappa shape index (κ2) is 6.44. The van der Waals surface area contributed by atoms with Crippen LogP contribution < -0.4 is 0 Å². The largest absolute Gasteiger partial charge is 0.341 e. The summed E-state index contributed by atoms with van der Waals surface area (Å²) < 4.78 is 0. The first-order valence-corrected chi connectivity index (χ1v) is 7.17. The molecule has 0 spiro atoms. The average molecular weight is 298 g/mol. The molecule has 1 unspecified atom stereocenters. The van der Waals surface area contributed by atoms with Crippen molar-refractivity contribution in [3.63, 3.8) is 0 Å². The van der Waals surface area contributed by atoms with Crippen molar-refractivity contribution in [3.05, 3.63) is 46.0 Å². The summed E-state index contributed by atoms with van der Waals surface area (Å²) in [4.78, 5) is 14.1. The minimum absolute atomic E-state index is 0.123. The zero-order chi connectivity index (χ0) is 13.8. The van der Waals surface area contributed by atoms with E-state index in [1.54, 1.807) is 11.0 Å². The fourth-order valence-electron chi connectivity index (χ4n) is 2.32. The smallest absolute Gasteiger partial charge is 0.226 e. The summed E-state index contributed by atoms with van der Waals surface area (Å²) in [6.45, 7) is 0.565. The highest BCUT2D eigenvalue weighted by Gasteiger charge is 2.22. The van der Waals surface area contributed by atoms with E-state index >= 15 is 0 Å². The van der Waals surface area contributed by atoms with Crippen molar-refractivity contribution in [2.24, 2.45) is 5.92 Å². The second-order valence-electron chi connectivity index (χ2n) is 4.92. The third-order valence-corrected chi connectivity index (χ3v) is 4.14. The molecule has 0 N–H and O–H groups in total. The number of nitrogens with zero attached hydrogens (tertiary/aromatic N) is 1. The molecule has 2 nitrogen and oxygen atoms in total. The highest BCUT2D eigenvalue weighted by atomic mass is 35.5. The zero-order valence-electron chi connectivity index (χ0n) is 10.9. The monoisotopic (exact) mass is 297 g/mol. The zero-order valence-corrected chi connectivity index (χ0v) is 12.4. The minimum Gasteiger partial charge on any atom is -0.341 e. The Morgan fingerprint density at radius 1 is 1.32 bits per heavy atom. The van der Waals surface area contributed by atoms with E-state index in [1.165, 1.54) is 0 Å². The van der Waals surface area contributed by atoms with Gasteiger partial charge in [0.1, 0.15) is 0 Å². The third kappa shape index (κ3) is 3.74. The number of amides is 1. The predicted octanol–water partition coefficient (Wildman–Crippen LogP) is 4.31. The van der Waals surface area contributed by atoms with E-state index in [9.17, 15) is 4.79 Å².